The van der Waals surface area contributed by atoms with Crippen molar-refractivity contribution in [3.8, 4) is 5.75 Å². The lowest BCUT2D eigenvalue weighted by atomic mass is 9.99. The first-order valence-electron chi connectivity index (χ1n) is 12.4. The lowest BCUT2D eigenvalue weighted by molar-refractivity contribution is -0.120. The number of piperidine rings is 1. The molecule has 1 saturated heterocycles. The molecular formula is C27H29Cl2N3O6S2. The second kappa shape index (κ2) is 12.4. The lowest BCUT2D eigenvalue weighted by Gasteiger charge is -2.31. The number of methoxy groups -OCH3 is 1. The van der Waals surface area contributed by atoms with Crippen LogP contribution in [0.1, 0.15) is 24.0 Å². The Bertz CT molecular complexity index is 1610. The van der Waals surface area contributed by atoms with Crippen LogP contribution in [0.3, 0.4) is 0 Å². The van der Waals surface area contributed by atoms with Gasteiger partial charge in [-0.1, -0.05) is 35.3 Å². The quantitative estimate of drug-likeness (QED) is 0.333. The van der Waals surface area contributed by atoms with Gasteiger partial charge in [0.15, 0.2) is 0 Å². The molecule has 214 valence electrons. The Labute approximate surface area is 244 Å². The molecule has 0 bridgehead atoms. The largest absolute Gasteiger partial charge is 0.495 e. The molecule has 0 spiro atoms. The maximum atomic E-state index is 13.0. The van der Waals surface area contributed by atoms with E-state index in [1.54, 1.807) is 24.3 Å². The Balaban J connectivity index is 1.40. The average Bonchev–Trinajstić information content (AvgIpc) is 2.91. The van der Waals surface area contributed by atoms with Crippen molar-refractivity contribution in [2.24, 2.45) is 5.92 Å². The van der Waals surface area contributed by atoms with Gasteiger partial charge in [0.25, 0.3) is 10.0 Å². The number of nitrogens with one attached hydrogen (secondary N) is 2. The molecule has 1 atom stereocenters. The van der Waals surface area contributed by atoms with E-state index < -0.39 is 26.0 Å². The summed E-state index contributed by atoms with van der Waals surface area (Å²) < 4.78 is 61.0. The molecule has 2 N–H and O–H groups in total. The van der Waals surface area contributed by atoms with Crippen LogP contribution in [0.2, 0.25) is 10.0 Å². The minimum atomic E-state index is -3.91. The predicted octanol–water partition coefficient (Wildman–Crippen LogP) is 5.29. The number of amides is 1. The van der Waals surface area contributed by atoms with E-state index in [0.717, 1.165) is 5.56 Å². The monoisotopic (exact) mass is 625 g/mol. The molecule has 0 saturated carbocycles. The SMILES string of the molecule is COc1ccc(C)cc1NS(=O)(=O)c1ccc(NC(=O)[C@@H]2CCCN(S(=O)(=O)Cc3ccc(Cl)c(Cl)c3)C2)cc1. The maximum Gasteiger partial charge on any atom is 0.262 e. The molecule has 4 rings (SSSR count). The summed E-state index contributed by atoms with van der Waals surface area (Å²) in [6, 6.07) is 15.6. The van der Waals surface area contributed by atoms with Crippen LogP contribution < -0.4 is 14.8 Å². The summed E-state index contributed by atoms with van der Waals surface area (Å²) in [6.45, 7) is 2.20. The molecule has 40 heavy (non-hydrogen) atoms. The third-order valence-electron chi connectivity index (χ3n) is 6.51. The van der Waals surface area contributed by atoms with Gasteiger partial charge in [-0.2, -0.15) is 0 Å². The van der Waals surface area contributed by atoms with E-state index >= 15 is 0 Å². The highest BCUT2D eigenvalue weighted by Crippen LogP contribution is 2.29. The molecular weight excluding hydrogens is 597 g/mol. The van der Waals surface area contributed by atoms with Crippen molar-refractivity contribution in [3.63, 3.8) is 0 Å². The van der Waals surface area contributed by atoms with Crippen molar-refractivity contribution in [2.75, 3.05) is 30.2 Å². The Morgan fingerprint density at radius 1 is 1.00 bits per heavy atom. The number of ether oxygens (including phenoxy) is 1. The van der Waals surface area contributed by atoms with Crippen LogP contribution in [0.25, 0.3) is 0 Å². The summed E-state index contributed by atoms with van der Waals surface area (Å²) in [5.41, 5.74) is 2.08. The Hall–Kier alpha value is -2.83. The van der Waals surface area contributed by atoms with Crippen molar-refractivity contribution in [1.82, 2.24) is 4.31 Å². The Morgan fingerprint density at radius 2 is 1.73 bits per heavy atom. The average molecular weight is 627 g/mol. The topological polar surface area (TPSA) is 122 Å². The van der Waals surface area contributed by atoms with Gasteiger partial charge >= 0.3 is 0 Å². The van der Waals surface area contributed by atoms with E-state index in [-0.39, 0.29) is 28.1 Å². The number of carbonyl (C=O) groups excluding carboxylic acids is 1. The number of halogens is 2. The number of aryl methyl sites for hydroxylation is 1. The second-order valence-electron chi connectivity index (χ2n) is 9.52. The summed E-state index contributed by atoms with van der Waals surface area (Å²) >= 11 is 12.0. The zero-order valence-corrected chi connectivity index (χ0v) is 25.0. The molecule has 0 aliphatic carbocycles. The van der Waals surface area contributed by atoms with Crippen molar-refractivity contribution in [3.05, 3.63) is 81.8 Å². The number of hydrogen-bond donors (Lipinski definition) is 2. The first kappa shape index (κ1) is 30.1. The van der Waals surface area contributed by atoms with Crippen LogP contribution in [-0.2, 0) is 30.6 Å². The minimum Gasteiger partial charge on any atom is -0.495 e. The van der Waals surface area contributed by atoms with Crippen LogP contribution in [0.4, 0.5) is 11.4 Å². The lowest BCUT2D eigenvalue weighted by Crippen LogP contribution is -2.44. The molecule has 1 amide bonds. The minimum absolute atomic E-state index is 0.00583. The van der Waals surface area contributed by atoms with Gasteiger partial charge in [-0.25, -0.2) is 21.1 Å². The zero-order chi connectivity index (χ0) is 29.1. The van der Waals surface area contributed by atoms with Gasteiger partial charge in [-0.15, -0.1) is 0 Å². The third-order valence-corrected chi connectivity index (χ3v) is 10.4. The van der Waals surface area contributed by atoms with Crippen molar-refractivity contribution < 1.29 is 26.4 Å². The molecule has 3 aromatic rings. The molecule has 0 aromatic heterocycles. The highest BCUT2D eigenvalue weighted by atomic mass is 35.5. The van der Waals surface area contributed by atoms with Crippen LogP contribution >= 0.6 is 23.2 Å². The number of carbonyl (C=O) groups is 1. The van der Waals surface area contributed by atoms with Crippen LogP contribution in [0.5, 0.6) is 5.75 Å². The van der Waals surface area contributed by atoms with Gasteiger partial charge < -0.3 is 10.1 Å². The van der Waals surface area contributed by atoms with Crippen molar-refractivity contribution in [2.45, 2.75) is 30.4 Å². The van der Waals surface area contributed by atoms with E-state index in [1.807, 2.05) is 13.0 Å². The van der Waals surface area contributed by atoms with E-state index in [9.17, 15) is 21.6 Å². The summed E-state index contributed by atoms with van der Waals surface area (Å²) in [6.07, 6.45) is 1.06. The summed E-state index contributed by atoms with van der Waals surface area (Å²) in [4.78, 5) is 13.0. The Morgan fingerprint density at radius 3 is 2.40 bits per heavy atom. The molecule has 13 heteroatoms. The van der Waals surface area contributed by atoms with Crippen LogP contribution in [0.15, 0.2) is 65.6 Å². The number of benzene rings is 3. The van der Waals surface area contributed by atoms with Crippen molar-refractivity contribution in [1.29, 1.82) is 0 Å². The molecule has 1 aliphatic heterocycles. The summed E-state index contributed by atoms with van der Waals surface area (Å²) in [5.74, 6) is -0.765. The van der Waals surface area contributed by atoms with Crippen LogP contribution in [0, 0.1) is 12.8 Å². The van der Waals surface area contributed by atoms with Gasteiger partial charge in [-0.3, -0.25) is 9.52 Å². The van der Waals surface area contributed by atoms with E-state index in [4.69, 9.17) is 27.9 Å². The fraction of sp³-hybridized carbons (Fsp3) is 0.296. The highest BCUT2D eigenvalue weighted by molar-refractivity contribution is 7.92. The van der Waals surface area contributed by atoms with E-state index in [1.165, 1.54) is 41.7 Å². The number of sulfonamides is 2. The summed E-state index contributed by atoms with van der Waals surface area (Å²) in [7, 11) is -6.15. The van der Waals surface area contributed by atoms with Gasteiger partial charge in [0.1, 0.15) is 5.75 Å². The molecule has 3 aromatic carbocycles. The molecule has 1 heterocycles. The number of nitrogens with zero attached hydrogens (tertiary/aromatic N) is 1. The van der Waals surface area contributed by atoms with Crippen molar-refractivity contribution >= 4 is 60.5 Å². The molecule has 0 unspecified atom stereocenters. The number of anilines is 2. The Kier molecular flexibility index (Phi) is 9.31. The fourth-order valence-corrected chi connectivity index (χ4v) is 7.39. The fourth-order valence-electron chi connectivity index (χ4n) is 4.41. The third kappa shape index (κ3) is 7.27. The summed E-state index contributed by atoms with van der Waals surface area (Å²) in [5, 5.41) is 3.39. The smallest absolute Gasteiger partial charge is 0.262 e. The number of hydrogen-bond acceptors (Lipinski definition) is 6. The first-order chi connectivity index (χ1) is 18.9. The predicted molar refractivity (Wildman–Crippen MR) is 157 cm³/mol. The molecule has 1 aliphatic rings. The molecule has 9 nitrogen and oxygen atoms in total. The standard InChI is InChI=1S/C27H29Cl2N3O6S2/c1-18-5-12-26(38-2)25(14-18)31-40(36,37)22-9-7-21(8-10-22)30-27(33)20-4-3-13-32(16-20)39(34,35)17-19-6-11-23(28)24(29)15-19/h5-12,14-15,20,31H,3-4,13,16-17H2,1-2H3,(H,30,33)/t20-/m1/s1. The number of rotatable bonds is 9. The maximum absolute atomic E-state index is 13.0. The molecule has 1 fully saturated rings. The van der Waals surface area contributed by atoms with Crippen LogP contribution in [-0.4, -0.2) is 47.2 Å². The highest BCUT2D eigenvalue weighted by Gasteiger charge is 2.32. The van der Waals surface area contributed by atoms with Gasteiger partial charge in [-0.05, 0) is 79.4 Å². The zero-order valence-electron chi connectivity index (χ0n) is 21.9. The first-order valence-corrected chi connectivity index (χ1v) is 16.2. The second-order valence-corrected chi connectivity index (χ2v) is 14.0. The van der Waals surface area contributed by atoms with Gasteiger partial charge in [0.05, 0.1) is 39.4 Å². The van der Waals surface area contributed by atoms with E-state index in [2.05, 4.69) is 10.0 Å². The van der Waals surface area contributed by atoms with Gasteiger partial charge in [0, 0.05) is 18.8 Å². The van der Waals surface area contributed by atoms with E-state index in [0.29, 0.717) is 47.1 Å². The van der Waals surface area contributed by atoms with Gasteiger partial charge in [0.2, 0.25) is 15.9 Å². The normalized spacial score (nSPS) is 16.4. The molecule has 0 radical (unpaired) electrons.